The predicted molar refractivity (Wildman–Crippen MR) is 143 cm³/mol. The monoisotopic (exact) mass is 532 g/mol. The van der Waals surface area contributed by atoms with E-state index in [1.807, 2.05) is 17.0 Å². The van der Waals surface area contributed by atoms with Crippen molar-refractivity contribution in [2.45, 2.75) is 37.6 Å². The van der Waals surface area contributed by atoms with Gasteiger partial charge in [0.2, 0.25) is 0 Å². The largest absolute Gasteiger partial charge is 0.507 e. The SMILES string of the molecule is CN(C[C@@H](CCN1CCC(N2CCCNC2=O)CC1)c1ccc(Cl)c(Cl)c1)C(=O)c1ccccc1O. The van der Waals surface area contributed by atoms with Crippen LogP contribution in [0.25, 0.3) is 0 Å². The summed E-state index contributed by atoms with van der Waals surface area (Å²) >= 11 is 12.5. The van der Waals surface area contributed by atoms with Crippen molar-refractivity contribution in [1.82, 2.24) is 20.0 Å². The number of amides is 3. The summed E-state index contributed by atoms with van der Waals surface area (Å²) in [5.41, 5.74) is 1.32. The molecule has 0 saturated carbocycles. The van der Waals surface area contributed by atoms with E-state index in [-0.39, 0.29) is 29.2 Å². The molecular weight excluding hydrogens is 499 g/mol. The Hall–Kier alpha value is -2.48. The minimum atomic E-state index is -0.223. The van der Waals surface area contributed by atoms with Crippen molar-refractivity contribution in [2.75, 3.05) is 46.3 Å². The summed E-state index contributed by atoms with van der Waals surface area (Å²) in [6.07, 6.45) is 3.78. The highest BCUT2D eigenvalue weighted by molar-refractivity contribution is 6.42. The Morgan fingerprint density at radius 3 is 2.58 bits per heavy atom. The minimum absolute atomic E-state index is 0.0225. The molecule has 2 aliphatic rings. The predicted octanol–water partition coefficient (Wildman–Crippen LogP) is 4.82. The van der Waals surface area contributed by atoms with Crippen LogP contribution in [0.4, 0.5) is 4.79 Å². The molecule has 9 heteroatoms. The van der Waals surface area contributed by atoms with Gasteiger partial charge in [-0.05, 0) is 62.1 Å². The molecule has 4 rings (SSSR count). The number of phenols is 1. The lowest BCUT2D eigenvalue weighted by Crippen LogP contribution is -2.54. The summed E-state index contributed by atoms with van der Waals surface area (Å²) in [7, 11) is 1.76. The fraction of sp³-hybridized carbons (Fsp3) is 0.481. The molecular formula is C27H34Cl2N4O3. The zero-order chi connectivity index (χ0) is 25.7. The molecule has 2 saturated heterocycles. The molecule has 0 radical (unpaired) electrons. The first-order valence-electron chi connectivity index (χ1n) is 12.6. The molecule has 194 valence electrons. The molecule has 2 aliphatic heterocycles. The van der Waals surface area contributed by atoms with Gasteiger partial charge in [-0.3, -0.25) is 4.79 Å². The van der Waals surface area contributed by atoms with Crippen molar-refractivity contribution in [3.05, 3.63) is 63.6 Å². The van der Waals surface area contributed by atoms with E-state index < -0.39 is 0 Å². The van der Waals surface area contributed by atoms with Crippen molar-refractivity contribution < 1.29 is 14.7 Å². The molecule has 2 N–H and O–H groups in total. The molecule has 0 aromatic heterocycles. The Labute approximate surface area is 223 Å². The number of nitrogens with one attached hydrogen (secondary N) is 1. The molecule has 2 fully saturated rings. The molecule has 0 spiro atoms. The summed E-state index contributed by atoms with van der Waals surface area (Å²) in [5.74, 6) is -0.199. The number of nitrogens with zero attached hydrogens (tertiary/aromatic N) is 3. The van der Waals surface area contributed by atoms with Gasteiger partial charge in [-0.15, -0.1) is 0 Å². The van der Waals surface area contributed by atoms with E-state index in [2.05, 4.69) is 10.2 Å². The quantitative estimate of drug-likeness (QED) is 0.510. The number of carbonyl (C=O) groups is 2. The number of piperidine rings is 1. The van der Waals surface area contributed by atoms with Crippen LogP contribution in [0.2, 0.25) is 10.0 Å². The van der Waals surface area contributed by atoms with E-state index in [0.29, 0.717) is 22.6 Å². The third kappa shape index (κ3) is 6.44. The van der Waals surface area contributed by atoms with Crippen molar-refractivity contribution in [3.63, 3.8) is 0 Å². The van der Waals surface area contributed by atoms with Crippen LogP contribution in [0.1, 0.15) is 47.5 Å². The van der Waals surface area contributed by atoms with Gasteiger partial charge in [-0.25, -0.2) is 4.79 Å². The molecule has 3 amide bonds. The number of hydrogen-bond donors (Lipinski definition) is 2. The molecule has 0 bridgehead atoms. The number of carbonyl (C=O) groups excluding carboxylic acids is 2. The van der Waals surface area contributed by atoms with Gasteiger partial charge in [0.25, 0.3) is 5.91 Å². The van der Waals surface area contributed by atoms with Gasteiger partial charge in [0, 0.05) is 51.7 Å². The number of likely N-dealkylation sites (tertiary alicyclic amines) is 1. The second kappa shape index (κ2) is 12.2. The topological polar surface area (TPSA) is 76.1 Å². The highest BCUT2D eigenvalue weighted by atomic mass is 35.5. The molecule has 0 aliphatic carbocycles. The molecule has 2 heterocycles. The maximum absolute atomic E-state index is 13.0. The summed E-state index contributed by atoms with van der Waals surface area (Å²) in [5, 5.41) is 14.1. The van der Waals surface area contributed by atoms with Gasteiger partial charge in [-0.2, -0.15) is 0 Å². The number of aromatic hydroxyl groups is 1. The third-order valence-corrected chi connectivity index (χ3v) is 8.03. The van der Waals surface area contributed by atoms with Gasteiger partial charge in [0.15, 0.2) is 0 Å². The van der Waals surface area contributed by atoms with E-state index in [1.54, 1.807) is 36.2 Å². The fourth-order valence-electron chi connectivity index (χ4n) is 5.19. The zero-order valence-corrected chi connectivity index (χ0v) is 22.1. The average molecular weight is 534 g/mol. The minimum Gasteiger partial charge on any atom is -0.507 e. The number of rotatable bonds is 8. The molecule has 36 heavy (non-hydrogen) atoms. The second-order valence-corrected chi connectivity index (χ2v) is 10.5. The molecule has 2 aromatic carbocycles. The van der Waals surface area contributed by atoms with Crippen LogP contribution >= 0.6 is 23.2 Å². The Bertz CT molecular complexity index is 1070. The number of hydrogen-bond acceptors (Lipinski definition) is 4. The first-order valence-corrected chi connectivity index (χ1v) is 13.3. The second-order valence-electron chi connectivity index (χ2n) is 9.71. The van der Waals surface area contributed by atoms with E-state index >= 15 is 0 Å². The lowest BCUT2D eigenvalue weighted by atomic mass is 9.93. The van der Waals surface area contributed by atoms with E-state index in [4.69, 9.17) is 23.2 Å². The van der Waals surface area contributed by atoms with Crippen LogP contribution in [-0.2, 0) is 0 Å². The van der Waals surface area contributed by atoms with Gasteiger partial charge in [-0.1, -0.05) is 41.4 Å². The summed E-state index contributed by atoms with van der Waals surface area (Å²) in [6, 6.07) is 12.6. The van der Waals surface area contributed by atoms with Gasteiger partial charge in [0.05, 0.1) is 15.6 Å². The molecule has 1 atom stereocenters. The van der Waals surface area contributed by atoms with Gasteiger partial charge < -0.3 is 25.1 Å². The number of benzene rings is 2. The highest BCUT2D eigenvalue weighted by Crippen LogP contribution is 2.30. The van der Waals surface area contributed by atoms with E-state index in [1.165, 1.54) is 6.07 Å². The van der Waals surface area contributed by atoms with Crippen LogP contribution in [0.5, 0.6) is 5.75 Å². The van der Waals surface area contributed by atoms with Crippen LogP contribution in [0.15, 0.2) is 42.5 Å². The summed E-state index contributed by atoms with van der Waals surface area (Å²) < 4.78 is 0. The van der Waals surface area contributed by atoms with E-state index in [0.717, 1.165) is 64.0 Å². The van der Waals surface area contributed by atoms with Crippen molar-refractivity contribution in [3.8, 4) is 5.75 Å². The van der Waals surface area contributed by atoms with Crippen LogP contribution < -0.4 is 5.32 Å². The third-order valence-electron chi connectivity index (χ3n) is 7.30. The summed E-state index contributed by atoms with van der Waals surface area (Å²) in [4.78, 5) is 31.3. The Morgan fingerprint density at radius 1 is 1.14 bits per heavy atom. The van der Waals surface area contributed by atoms with Crippen LogP contribution in [0, 0.1) is 0 Å². The molecule has 0 unspecified atom stereocenters. The average Bonchev–Trinajstić information content (AvgIpc) is 2.88. The summed E-state index contributed by atoms with van der Waals surface area (Å²) in [6.45, 7) is 4.85. The van der Waals surface area contributed by atoms with Crippen molar-refractivity contribution >= 4 is 35.1 Å². The smallest absolute Gasteiger partial charge is 0.317 e. The lowest BCUT2D eigenvalue weighted by Gasteiger charge is -2.40. The Balaban J connectivity index is 1.40. The van der Waals surface area contributed by atoms with Gasteiger partial charge >= 0.3 is 6.03 Å². The molecule has 2 aromatic rings. The maximum Gasteiger partial charge on any atom is 0.317 e. The van der Waals surface area contributed by atoms with Gasteiger partial charge in [0.1, 0.15) is 5.75 Å². The first kappa shape index (κ1) is 26.6. The normalized spacial score (nSPS) is 18.1. The molecule has 7 nitrogen and oxygen atoms in total. The maximum atomic E-state index is 13.0. The van der Waals surface area contributed by atoms with Crippen LogP contribution in [-0.4, -0.2) is 84.1 Å². The Morgan fingerprint density at radius 2 is 1.89 bits per heavy atom. The number of urea groups is 1. The van der Waals surface area contributed by atoms with Crippen LogP contribution in [0.3, 0.4) is 0 Å². The van der Waals surface area contributed by atoms with E-state index in [9.17, 15) is 14.7 Å². The van der Waals surface area contributed by atoms with Crippen molar-refractivity contribution in [2.24, 2.45) is 0 Å². The highest BCUT2D eigenvalue weighted by Gasteiger charge is 2.30. The fourth-order valence-corrected chi connectivity index (χ4v) is 5.50. The zero-order valence-electron chi connectivity index (χ0n) is 20.6. The lowest BCUT2D eigenvalue weighted by molar-refractivity contribution is 0.0775. The van der Waals surface area contributed by atoms with Crippen molar-refractivity contribution in [1.29, 1.82) is 0 Å². The standard InChI is InChI=1S/C27H34Cl2N4O3/c1-31(26(35)22-5-2-3-6-25(22)34)18-20(19-7-8-23(28)24(29)17-19)9-14-32-15-10-21(11-16-32)33-13-4-12-30-27(33)36/h2-3,5-8,17,20-21,34H,4,9-16,18H2,1H3,(H,30,36)/t20-/m1/s1. The Kier molecular flexibility index (Phi) is 8.99. The number of halogens is 2. The number of phenolic OH excluding ortho intramolecular Hbond substituents is 1. The first-order chi connectivity index (χ1) is 17.3. The number of likely N-dealkylation sites (N-methyl/N-ethyl adjacent to an activating group) is 1. The number of para-hydroxylation sites is 1.